The van der Waals surface area contributed by atoms with E-state index >= 15 is 0 Å². The SMILES string of the molecule is Cc1cc(-c2ccc(Oc3ccc(S(=O)(=O)Nc4nccs4)cc3C#N)cc2)n(CCO)n1. The van der Waals surface area contributed by atoms with Crippen molar-refractivity contribution in [2.45, 2.75) is 18.4 Å². The first-order chi connectivity index (χ1) is 15.9. The Morgan fingerprint density at radius 1 is 1.21 bits per heavy atom. The standard InChI is InChI=1S/C22H19N5O4S2/c1-15-12-20(27(25-15)9-10-28)16-2-4-18(5-3-16)31-21-7-6-19(13-17(21)14-23)33(29,30)26-22-24-8-11-32-22/h2-8,11-13,28H,9-10H2,1H3,(H,24,26). The fourth-order valence-corrected chi connectivity index (χ4v) is 4.98. The molecule has 33 heavy (non-hydrogen) atoms. The lowest BCUT2D eigenvalue weighted by Gasteiger charge is -2.11. The van der Waals surface area contributed by atoms with Crippen LogP contribution in [0.2, 0.25) is 0 Å². The van der Waals surface area contributed by atoms with Crippen LogP contribution in [0.3, 0.4) is 0 Å². The summed E-state index contributed by atoms with van der Waals surface area (Å²) in [6.45, 7) is 2.26. The minimum absolute atomic E-state index is 0.0165. The Morgan fingerprint density at radius 3 is 2.67 bits per heavy atom. The molecule has 11 heteroatoms. The summed E-state index contributed by atoms with van der Waals surface area (Å²) in [6, 6.07) is 15.2. The second-order valence-electron chi connectivity index (χ2n) is 6.96. The van der Waals surface area contributed by atoms with Gasteiger partial charge in [-0.15, -0.1) is 11.3 Å². The molecule has 0 saturated carbocycles. The van der Waals surface area contributed by atoms with Crippen LogP contribution in [0.25, 0.3) is 11.3 Å². The largest absolute Gasteiger partial charge is 0.456 e. The maximum atomic E-state index is 12.6. The van der Waals surface area contributed by atoms with Crippen molar-refractivity contribution in [3.8, 4) is 28.8 Å². The van der Waals surface area contributed by atoms with E-state index in [2.05, 4.69) is 14.8 Å². The molecule has 0 aliphatic carbocycles. The highest BCUT2D eigenvalue weighted by molar-refractivity contribution is 7.93. The van der Waals surface area contributed by atoms with Gasteiger partial charge in [0.1, 0.15) is 17.6 Å². The molecule has 4 rings (SSSR count). The Balaban J connectivity index is 1.55. The van der Waals surface area contributed by atoms with E-state index in [1.165, 1.54) is 24.4 Å². The molecule has 0 saturated heterocycles. The number of nitriles is 1. The van der Waals surface area contributed by atoms with E-state index < -0.39 is 10.0 Å². The third-order valence-corrected chi connectivity index (χ3v) is 6.78. The molecule has 2 aromatic carbocycles. The zero-order valence-electron chi connectivity index (χ0n) is 17.5. The lowest BCUT2D eigenvalue weighted by atomic mass is 10.1. The Morgan fingerprint density at radius 2 is 2.00 bits per heavy atom. The lowest BCUT2D eigenvalue weighted by molar-refractivity contribution is 0.270. The molecule has 0 unspecified atom stereocenters. The van der Waals surface area contributed by atoms with Gasteiger partial charge in [0.15, 0.2) is 5.13 Å². The highest BCUT2D eigenvalue weighted by Gasteiger charge is 2.18. The number of thiazole rings is 1. The van der Waals surface area contributed by atoms with Crippen LogP contribution in [0.15, 0.2) is 65.0 Å². The average molecular weight is 482 g/mol. The Kier molecular flexibility index (Phi) is 6.41. The predicted molar refractivity (Wildman–Crippen MR) is 124 cm³/mol. The number of ether oxygens (including phenoxy) is 1. The number of aryl methyl sites for hydroxylation is 1. The second-order valence-corrected chi connectivity index (χ2v) is 9.53. The summed E-state index contributed by atoms with van der Waals surface area (Å²) in [5.41, 5.74) is 2.69. The number of hydrogen-bond donors (Lipinski definition) is 2. The van der Waals surface area contributed by atoms with E-state index in [0.717, 1.165) is 28.3 Å². The van der Waals surface area contributed by atoms with Crippen LogP contribution in [0.4, 0.5) is 5.13 Å². The van der Waals surface area contributed by atoms with E-state index in [1.807, 2.05) is 31.2 Å². The zero-order chi connectivity index (χ0) is 23.4. The van der Waals surface area contributed by atoms with Gasteiger partial charge in [-0.05, 0) is 55.5 Å². The highest BCUT2D eigenvalue weighted by Crippen LogP contribution is 2.30. The molecule has 0 aliphatic heterocycles. The minimum Gasteiger partial charge on any atom is -0.456 e. The molecule has 168 valence electrons. The fourth-order valence-electron chi connectivity index (χ4n) is 3.16. The normalized spacial score (nSPS) is 11.2. The van der Waals surface area contributed by atoms with Crippen molar-refractivity contribution in [1.82, 2.24) is 14.8 Å². The van der Waals surface area contributed by atoms with Gasteiger partial charge >= 0.3 is 0 Å². The number of sulfonamides is 1. The summed E-state index contributed by atoms with van der Waals surface area (Å²) in [4.78, 5) is 3.84. The van der Waals surface area contributed by atoms with Crippen LogP contribution in [0.5, 0.6) is 11.5 Å². The topological polar surface area (TPSA) is 130 Å². The number of aromatic nitrogens is 3. The number of nitrogens with one attached hydrogen (secondary N) is 1. The van der Waals surface area contributed by atoms with Gasteiger partial charge in [0.05, 0.1) is 35.0 Å². The number of benzene rings is 2. The summed E-state index contributed by atoms with van der Waals surface area (Å²) < 4.78 is 35.1. The molecule has 2 heterocycles. The summed E-state index contributed by atoms with van der Waals surface area (Å²) >= 11 is 1.15. The maximum absolute atomic E-state index is 12.6. The highest BCUT2D eigenvalue weighted by atomic mass is 32.2. The summed E-state index contributed by atoms with van der Waals surface area (Å²) in [5.74, 6) is 0.719. The zero-order valence-corrected chi connectivity index (χ0v) is 19.1. The van der Waals surface area contributed by atoms with E-state index in [1.54, 1.807) is 22.2 Å². The first kappa shape index (κ1) is 22.5. The molecule has 0 aliphatic rings. The van der Waals surface area contributed by atoms with Crippen LogP contribution in [-0.2, 0) is 16.6 Å². The first-order valence-corrected chi connectivity index (χ1v) is 12.2. The van der Waals surface area contributed by atoms with Crippen molar-refractivity contribution in [2.75, 3.05) is 11.3 Å². The molecule has 0 fully saturated rings. The molecule has 2 aromatic heterocycles. The monoisotopic (exact) mass is 481 g/mol. The van der Waals surface area contributed by atoms with Gasteiger partial charge in [-0.1, -0.05) is 0 Å². The van der Waals surface area contributed by atoms with Crippen LogP contribution in [0, 0.1) is 18.3 Å². The van der Waals surface area contributed by atoms with Crippen molar-refractivity contribution >= 4 is 26.5 Å². The van der Waals surface area contributed by atoms with Gasteiger partial charge in [0.2, 0.25) is 0 Å². The number of aliphatic hydroxyl groups excluding tert-OH is 1. The number of nitrogens with zero attached hydrogens (tertiary/aromatic N) is 4. The number of aliphatic hydroxyl groups is 1. The molecular formula is C22H19N5O4S2. The van der Waals surface area contributed by atoms with E-state index in [9.17, 15) is 18.8 Å². The number of rotatable bonds is 8. The molecule has 0 bridgehead atoms. The molecule has 0 radical (unpaired) electrons. The molecule has 9 nitrogen and oxygen atoms in total. The quantitative estimate of drug-likeness (QED) is 0.392. The minimum atomic E-state index is -3.88. The molecule has 0 amide bonds. The van der Waals surface area contributed by atoms with Gasteiger partial charge < -0.3 is 9.84 Å². The van der Waals surface area contributed by atoms with Crippen molar-refractivity contribution in [3.63, 3.8) is 0 Å². The fraction of sp³-hybridized carbons (Fsp3) is 0.136. The summed E-state index contributed by atoms with van der Waals surface area (Å²) in [5, 5.41) is 25.0. The molecule has 2 N–H and O–H groups in total. The van der Waals surface area contributed by atoms with Crippen molar-refractivity contribution in [1.29, 1.82) is 5.26 Å². The summed E-state index contributed by atoms with van der Waals surface area (Å²) in [6.07, 6.45) is 1.49. The maximum Gasteiger partial charge on any atom is 0.263 e. The van der Waals surface area contributed by atoms with E-state index in [4.69, 9.17) is 4.74 Å². The number of anilines is 1. The Labute approximate surface area is 194 Å². The van der Waals surface area contributed by atoms with Crippen molar-refractivity contribution < 1.29 is 18.3 Å². The van der Waals surface area contributed by atoms with Gasteiger partial charge in [-0.2, -0.15) is 10.4 Å². The summed E-state index contributed by atoms with van der Waals surface area (Å²) in [7, 11) is -3.88. The molecule has 0 atom stereocenters. The molecule has 4 aromatic rings. The number of hydrogen-bond acceptors (Lipinski definition) is 8. The van der Waals surface area contributed by atoms with Crippen molar-refractivity contribution in [2.24, 2.45) is 0 Å². The third-order valence-electron chi connectivity index (χ3n) is 4.63. The van der Waals surface area contributed by atoms with Gasteiger partial charge in [0.25, 0.3) is 10.0 Å². The van der Waals surface area contributed by atoms with Gasteiger partial charge in [-0.25, -0.2) is 13.4 Å². The molecular weight excluding hydrogens is 462 g/mol. The van der Waals surface area contributed by atoms with Gasteiger partial charge in [0, 0.05) is 17.1 Å². The lowest BCUT2D eigenvalue weighted by Crippen LogP contribution is -2.13. The Bertz CT molecular complexity index is 1410. The first-order valence-electron chi connectivity index (χ1n) is 9.79. The Hall–Kier alpha value is -3.72. The molecule has 0 spiro atoms. The van der Waals surface area contributed by atoms with E-state index in [-0.39, 0.29) is 27.9 Å². The average Bonchev–Trinajstić information content (AvgIpc) is 3.43. The van der Waals surface area contributed by atoms with Crippen LogP contribution in [0.1, 0.15) is 11.3 Å². The predicted octanol–water partition coefficient (Wildman–Crippen LogP) is 3.77. The van der Waals surface area contributed by atoms with Crippen LogP contribution in [-0.4, -0.2) is 34.9 Å². The van der Waals surface area contributed by atoms with Gasteiger partial charge in [-0.3, -0.25) is 9.40 Å². The van der Waals surface area contributed by atoms with Crippen LogP contribution < -0.4 is 9.46 Å². The van der Waals surface area contributed by atoms with E-state index in [0.29, 0.717) is 12.3 Å². The smallest absolute Gasteiger partial charge is 0.263 e. The van der Waals surface area contributed by atoms with Crippen LogP contribution >= 0.6 is 11.3 Å². The van der Waals surface area contributed by atoms with Crippen molar-refractivity contribution in [3.05, 3.63) is 71.4 Å². The third kappa shape index (κ3) is 5.04. The second kappa shape index (κ2) is 9.41.